The van der Waals surface area contributed by atoms with Gasteiger partial charge in [-0.1, -0.05) is 4.89 Å². The van der Waals surface area contributed by atoms with Gasteiger partial charge >= 0.3 is 0 Å². The lowest BCUT2D eigenvalue weighted by molar-refractivity contribution is 0.241. The predicted octanol–water partition coefficient (Wildman–Crippen LogP) is -1.57. The van der Waals surface area contributed by atoms with Crippen LogP contribution < -0.4 is 9.61 Å². The fraction of sp³-hybridized carbons (Fsp3) is 1.00. The molecule has 0 saturated carbocycles. The maximum Gasteiger partial charge on any atom is 0.298 e. The van der Waals surface area contributed by atoms with Crippen LogP contribution in [0.15, 0.2) is 0 Å². The minimum absolute atomic E-state index is 1.05. The Morgan fingerprint density at radius 3 is 2.00 bits per heavy atom. The molecule has 0 aliphatic rings. The summed E-state index contributed by atoms with van der Waals surface area (Å²) in [7, 11) is -2.42. The molecular formula is CH6N2O3S. The second-order valence-electron chi connectivity index (χ2n) is 0.799. The molecule has 0 spiro atoms. The van der Waals surface area contributed by atoms with Crippen molar-refractivity contribution in [1.82, 2.24) is 9.61 Å². The highest BCUT2D eigenvalue weighted by atomic mass is 32.2. The van der Waals surface area contributed by atoms with Gasteiger partial charge in [0.05, 0.1) is 0 Å². The average molecular weight is 126 g/mol. The minimum Gasteiger partial charge on any atom is -0.301 e. The Morgan fingerprint density at radius 1 is 1.57 bits per heavy atom. The molecule has 0 aromatic rings. The summed E-state index contributed by atoms with van der Waals surface area (Å²) in [6.45, 7) is 0. The van der Waals surface area contributed by atoms with Crippen molar-refractivity contribution in [2.24, 2.45) is 0 Å². The Bertz CT molecular complexity index is 116. The van der Waals surface area contributed by atoms with Crippen molar-refractivity contribution in [3.63, 3.8) is 0 Å². The van der Waals surface area contributed by atoms with Gasteiger partial charge in [-0.3, -0.25) is 0 Å². The molecule has 0 unspecified atom stereocenters. The van der Waals surface area contributed by atoms with E-state index in [-0.39, 0.29) is 0 Å². The Morgan fingerprint density at radius 2 is 2.00 bits per heavy atom. The number of rotatable bonds is 2. The van der Waals surface area contributed by atoms with Gasteiger partial charge in [-0.2, -0.15) is 8.42 Å². The third-order valence-electron chi connectivity index (χ3n) is 0.389. The molecule has 0 aliphatic carbocycles. The van der Waals surface area contributed by atoms with Crippen molar-refractivity contribution in [3.05, 3.63) is 0 Å². The fourth-order valence-corrected chi connectivity index (χ4v) is 0.137. The van der Waals surface area contributed by atoms with E-state index in [2.05, 4.69) is 0 Å². The van der Waals surface area contributed by atoms with E-state index in [0.717, 1.165) is 4.89 Å². The molecule has 7 heavy (non-hydrogen) atoms. The summed E-state index contributed by atoms with van der Waals surface area (Å²) in [6, 6.07) is 0. The first kappa shape index (κ1) is 6.83. The highest BCUT2D eigenvalue weighted by Crippen LogP contribution is 1.62. The van der Waals surface area contributed by atoms with Gasteiger partial charge in [0.15, 0.2) is 0 Å². The molecule has 0 amide bonds. The largest absolute Gasteiger partial charge is 0.301 e. The van der Waals surface area contributed by atoms with Gasteiger partial charge in [0.2, 0.25) is 0 Å². The van der Waals surface area contributed by atoms with Gasteiger partial charge < -0.3 is 5.21 Å². The van der Waals surface area contributed by atoms with E-state index in [9.17, 15) is 8.42 Å². The first-order valence-electron chi connectivity index (χ1n) is 1.47. The highest BCUT2D eigenvalue weighted by Gasteiger charge is 1.98. The molecule has 0 saturated heterocycles. The Hall–Kier alpha value is -0.170. The summed E-state index contributed by atoms with van der Waals surface area (Å²) in [5.41, 5.74) is 0. The second-order valence-corrected chi connectivity index (χ2v) is 2.40. The summed E-state index contributed by atoms with van der Waals surface area (Å²) in [5.74, 6) is 0. The molecule has 0 rings (SSSR count). The van der Waals surface area contributed by atoms with E-state index < -0.39 is 10.2 Å². The van der Waals surface area contributed by atoms with Crippen LogP contribution in [0.2, 0.25) is 0 Å². The van der Waals surface area contributed by atoms with E-state index in [1.165, 1.54) is 7.05 Å². The normalized spacial score (nSPS) is 11.7. The summed E-state index contributed by atoms with van der Waals surface area (Å²) in [5, 5.41) is 7.69. The number of hydrogen-bond donors (Lipinski definition) is 3. The quantitative estimate of drug-likeness (QED) is 0.391. The SMILES string of the molecule is CNS(=O)(=O)NO. The Kier molecular flexibility index (Phi) is 2.16. The first-order chi connectivity index (χ1) is 3.12. The van der Waals surface area contributed by atoms with Crippen molar-refractivity contribution < 1.29 is 13.6 Å². The van der Waals surface area contributed by atoms with Crippen molar-refractivity contribution >= 4 is 10.2 Å². The molecule has 0 heterocycles. The lowest BCUT2D eigenvalue weighted by Crippen LogP contribution is -2.31. The standard InChI is InChI=1S/CH6N2O3S/c1-2-7(5,6)3-4/h2-4H,1H3. The highest BCUT2D eigenvalue weighted by molar-refractivity contribution is 7.87. The molecule has 3 N–H and O–H groups in total. The van der Waals surface area contributed by atoms with Crippen LogP contribution in [0.5, 0.6) is 0 Å². The van der Waals surface area contributed by atoms with Crippen molar-refractivity contribution in [2.45, 2.75) is 0 Å². The molecule has 0 aromatic carbocycles. The van der Waals surface area contributed by atoms with E-state index in [1.54, 1.807) is 4.72 Å². The molecule has 0 bridgehead atoms. The molecule has 44 valence electrons. The minimum atomic E-state index is -3.60. The van der Waals surface area contributed by atoms with Crippen molar-refractivity contribution in [3.8, 4) is 0 Å². The van der Waals surface area contributed by atoms with E-state index in [0.29, 0.717) is 0 Å². The monoisotopic (exact) mass is 126 g/mol. The van der Waals surface area contributed by atoms with Crippen LogP contribution in [0.1, 0.15) is 0 Å². The Labute approximate surface area is 41.5 Å². The van der Waals surface area contributed by atoms with Crippen molar-refractivity contribution in [2.75, 3.05) is 7.05 Å². The van der Waals surface area contributed by atoms with Gasteiger partial charge in [-0.15, -0.1) is 0 Å². The zero-order chi connectivity index (χ0) is 5.91. The zero-order valence-corrected chi connectivity index (χ0v) is 4.49. The average Bonchev–Trinajstić information content (AvgIpc) is 1.68. The van der Waals surface area contributed by atoms with Crippen LogP contribution in [0.3, 0.4) is 0 Å². The fourth-order valence-electron chi connectivity index (χ4n) is 0.0456. The van der Waals surface area contributed by atoms with Crippen LogP contribution in [-0.4, -0.2) is 20.7 Å². The number of nitrogens with one attached hydrogen (secondary N) is 2. The van der Waals surface area contributed by atoms with Crippen LogP contribution in [0.25, 0.3) is 0 Å². The Balaban J connectivity index is 3.89. The topological polar surface area (TPSA) is 78.4 Å². The van der Waals surface area contributed by atoms with Gasteiger partial charge in [0.1, 0.15) is 0 Å². The van der Waals surface area contributed by atoms with Crippen LogP contribution in [0, 0.1) is 0 Å². The predicted molar refractivity (Wildman–Crippen MR) is 22.9 cm³/mol. The van der Waals surface area contributed by atoms with E-state index >= 15 is 0 Å². The molecule has 0 atom stereocenters. The maximum absolute atomic E-state index is 9.90. The van der Waals surface area contributed by atoms with Gasteiger partial charge in [0.25, 0.3) is 10.2 Å². The van der Waals surface area contributed by atoms with E-state index in [4.69, 9.17) is 5.21 Å². The second kappa shape index (κ2) is 2.22. The van der Waals surface area contributed by atoms with E-state index in [1.807, 2.05) is 0 Å². The summed E-state index contributed by atoms with van der Waals surface area (Å²) < 4.78 is 21.6. The molecule has 0 aliphatic heterocycles. The maximum atomic E-state index is 9.90. The number of hydrogen-bond acceptors (Lipinski definition) is 3. The molecular weight excluding hydrogens is 120 g/mol. The van der Waals surface area contributed by atoms with Crippen LogP contribution >= 0.6 is 0 Å². The van der Waals surface area contributed by atoms with Gasteiger partial charge in [0, 0.05) is 7.05 Å². The van der Waals surface area contributed by atoms with Crippen LogP contribution in [0.4, 0.5) is 0 Å². The molecule has 0 fully saturated rings. The zero-order valence-electron chi connectivity index (χ0n) is 3.67. The smallest absolute Gasteiger partial charge is 0.298 e. The molecule has 6 heteroatoms. The summed E-state index contributed by atoms with van der Waals surface area (Å²) >= 11 is 0. The lowest BCUT2D eigenvalue weighted by Gasteiger charge is -1.92. The van der Waals surface area contributed by atoms with Gasteiger partial charge in [-0.25, -0.2) is 4.72 Å². The summed E-state index contributed by atoms with van der Waals surface area (Å²) in [4.78, 5) is 1.05. The van der Waals surface area contributed by atoms with Gasteiger partial charge in [-0.05, 0) is 0 Å². The van der Waals surface area contributed by atoms with Crippen LogP contribution in [-0.2, 0) is 10.2 Å². The van der Waals surface area contributed by atoms with Crippen molar-refractivity contribution in [1.29, 1.82) is 0 Å². The lowest BCUT2D eigenvalue weighted by atomic mass is 11.6. The summed E-state index contributed by atoms with van der Waals surface area (Å²) in [6.07, 6.45) is 0. The third-order valence-corrected chi connectivity index (χ3v) is 1.17. The molecule has 0 radical (unpaired) electrons. The first-order valence-corrected chi connectivity index (χ1v) is 2.95. The molecule has 5 nitrogen and oxygen atoms in total. The molecule has 0 aromatic heterocycles. The third kappa shape index (κ3) is 2.52.